The number of carbonyl (C=O) groups is 1. The molecule has 7 nitrogen and oxygen atoms in total. The minimum absolute atomic E-state index is 0.157. The Bertz CT molecular complexity index is 1230. The number of rotatable bonds is 9. The number of hydrogen-bond donors (Lipinski definition) is 1. The van der Waals surface area contributed by atoms with Gasteiger partial charge < -0.3 is 14.9 Å². The van der Waals surface area contributed by atoms with Crippen molar-refractivity contribution >= 4 is 11.8 Å². The number of nitriles is 1. The fourth-order valence-electron chi connectivity index (χ4n) is 7.71. The van der Waals surface area contributed by atoms with Crippen LogP contribution in [0, 0.1) is 40.8 Å². The molecule has 4 aliphatic rings. The van der Waals surface area contributed by atoms with Crippen LogP contribution in [0.4, 0.5) is 10.2 Å². The third kappa shape index (κ3) is 6.73. The highest BCUT2D eigenvalue weighted by atomic mass is 19.1. The minimum Gasteiger partial charge on any atom is -0.480 e. The quantitative estimate of drug-likeness (QED) is 0.464. The van der Waals surface area contributed by atoms with E-state index < -0.39 is 12.0 Å². The number of pyridine rings is 1. The van der Waals surface area contributed by atoms with Crippen LogP contribution in [0.1, 0.15) is 62.0 Å². The number of carboxylic acid groups (broad SMARTS) is 1. The highest BCUT2D eigenvalue weighted by molar-refractivity contribution is 5.73. The molecule has 0 spiro atoms. The van der Waals surface area contributed by atoms with Crippen LogP contribution in [0.3, 0.4) is 0 Å². The Morgan fingerprint density at radius 1 is 1.02 bits per heavy atom. The average molecular weight is 560 g/mol. The Balaban J connectivity index is 1.04. The van der Waals surface area contributed by atoms with E-state index in [0.717, 1.165) is 81.7 Å². The van der Waals surface area contributed by atoms with E-state index in [-0.39, 0.29) is 11.7 Å². The molecule has 1 saturated carbocycles. The molecule has 2 aromatic rings. The van der Waals surface area contributed by atoms with Crippen LogP contribution in [-0.2, 0) is 4.79 Å². The fraction of sp³-hybridized carbons (Fsp3) is 0.606. The smallest absolute Gasteiger partial charge is 0.320 e. The maximum Gasteiger partial charge on any atom is 0.320 e. The lowest BCUT2D eigenvalue weighted by Crippen LogP contribution is -2.43. The fourth-order valence-corrected chi connectivity index (χ4v) is 7.71. The van der Waals surface area contributed by atoms with Crippen molar-refractivity contribution in [2.45, 2.75) is 56.9 Å². The van der Waals surface area contributed by atoms with E-state index in [1.807, 2.05) is 18.2 Å². The number of halogens is 1. The number of anilines is 1. The second-order valence-corrected chi connectivity index (χ2v) is 12.9. The average Bonchev–Trinajstić information content (AvgIpc) is 3.74. The maximum absolute atomic E-state index is 14.2. The molecule has 3 aliphatic heterocycles. The number of likely N-dealkylation sites (tertiary alicyclic amines) is 2. The third-order valence-corrected chi connectivity index (χ3v) is 10.3. The molecule has 0 radical (unpaired) electrons. The van der Waals surface area contributed by atoms with E-state index >= 15 is 0 Å². The van der Waals surface area contributed by atoms with Gasteiger partial charge in [-0.2, -0.15) is 5.26 Å². The number of nitrogens with zero attached hydrogens (tertiary/aromatic N) is 5. The highest BCUT2D eigenvalue weighted by Gasteiger charge is 2.42. The van der Waals surface area contributed by atoms with Crippen molar-refractivity contribution in [2.24, 2.45) is 23.7 Å². The first-order chi connectivity index (χ1) is 20.0. The van der Waals surface area contributed by atoms with Gasteiger partial charge in [0.2, 0.25) is 0 Å². The number of hydrogen-bond acceptors (Lipinski definition) is 6. The van der Waals surface area contributed by atoms with Gasteiger partial charge in [-0.25, -0.2) is 9.37 Å². The van der Waals surface area contributed by atoms with Crippen molar-refractivity contribution < 1.29 is 14.3 Å². The molecule has 4 heterocycles. The van der Waals surface area contributed by atoms with Crippen LogP contribution in [0.2, 0.25) is 0 Å². The Morgan fingerprint density at radius 2 is 1.76 bits per heavy atom. The topological polar surface area (TPSA) is 83.7 Å². The van der Waals surface area contributed by atoms with E-state index in [1.165, 1.54) is 31.7 Å². The van der Waals surface area contributed by atoms with E-state index in [4.69, 9.17) is 5.26 Å². The summed E-state index contributed by atoms with van der Waals surface area (Å²) < 4.78 is 14.2. The predicted molar refractivity (Wildman–Crippen MR) is 156 cm³/mol. The molecule has 3 unspecified atom stereocenters. The van der Waals surface area contributed by atoms with Crippen LogP contribution in [0.25, 0.3) is 0 Å². The first-order valence-corrected chi connectivity index (χ1v) is 15.5. The molecule has 3 saturated heterocycles. The Kier molecular flexibility index (Phi) is 8.55. The zero-order chi connectivity index (χ0) is 28.3. The zero-order valence-electron chi connectivity index (χ0n) is 23.9. The number of carboxylic acids is 1. The van der Waals surface area contributed by atoms with Crippen molar-refractivity contribution in [1.82, 2.24) is 14.8 Å². The Labute approximate surface area is 243 Å². The van der Waals surface area contributed by atoms with E-state index in [9.17, 15) is 14.3 Å². The standard InChI is InChI=1S/C33H42FN5O2/c34-29-3-1-2-27(17-29)30-22-39(31(33(40)41)16-23-4-5-23)21-28(30)20-37-12-8-25(9-13-37)26-10-14-38(15-11-26)32-7-6-24(18-35)19-36-32/h1-3,6-7,17,19,23,25-26,28,30-31H,4-5,8-16,20-22H2,(H,40,41). The Morgan fingerprint density at radius 3 is 2.37 bits per heavy atom. The van der Waals surface area contributed by atoms with Gasteiger partial charge in [-0.1, -0.05) is 25.0 Å². The number of aromatic nitrogens is 1. The molecule has 41 heavy (non-hydrogen) atoms. The van der Waals surface area contributed by atoms with Crippen molar-refractivity contribution in [1.29, 1.82) is 5.26 Å². The lowest BCUT2D eigenvalue weighted by atomic mass is 9.78. The van der Waals surface area contributed by atoms with Crippen LogP contribution in [0.5, 0.6) is 0 Å². The van der Waals surface area contributed by atoms with Gasteiger partial charge in [0.15, 0.2) is 0 Å². The SMILES string of the molecule is N#Cc1ccc(N2CCC(C3CCN(CC4CN(C(CC5CC5)C(=O)O)CC4c4cccc(F)c4)CC3)CC2)nc1. The minimum atomic E-state index is -0.711. The molecule has 1 aromatic heterocycles. The van der Waals surface area contributed by atoms with Gasteiger partial charge in [0.25, 0.3) is 0 Å². The van der Waals surface area contributed by atoms with Gasteiger partial charge in [-0.05, 0) is 98.7 Å². The second kappa shape index (κ2) is 12.5. The molecule has 0 amide bonds. The molecule has 1 aliphatic carbocycles. The second-order valence-electron chi connectivity index (χ2n) is 12.9. The van der Waals surface area contributed by atoms with Gasteiger partial charge in [0.05, 0.1) is 5.56 Å². The summed E-state index contributed by atoms with van der Waals surface area (Å²) in [7, 11) is 0. The summed E-state index contributed by atoms with van der Waals surface area (Å²) in [5.74, 6) is 2.55. The van der Waals surface area contributed by atoms with Gasteiger partial charge in [-0.3, -0.25) is 9.69 Å². The summed E-state index contributed by atoms with van der Waals surface area (Å²) in [6, 6.07) is 12.5. The molecule has 4 fully saturated rings. The number of piperidine rings is 2. The highest BCUT2D eigenvalue weighted by Crippen LogP contribution is 2.40. The number of benzene rings is 1. The summed E-state index contributed by atoms with van der Waals surface area (Å²) >= 11 is 0. The maximum atomic E-state index is 14.2. The summed E-state index contributed by atoms with van der Waals surface area (Å²) in [6.45, 7) is 6.61. The summed E-state index contributed by atoms with van der Waals surface area (Å²) in [6.07, 6.45) is 9.48. The van der Waals surface area contributed by atoms with Crippen molar-refractivity contribution in [3.8, 4) is 6.07 Å². The summed E-state index contributed by atoms with van der Waals surface area (Å²) in [4.78, 5) is 23.8. The van der Waals surface area contributed by atoms with Crippen molar-refractivity contribution in [2.75, 3.05) is 50.7 Å². The lowest BCUT2D eigenvalue weighted by molar-refractivity contribution is -0.143. The van der Waals surface area contributed by atoms with Gasteiger partial charge in [0, 0.05) is 44.8 Å². The van der Waals surface area contributed by atoms with Crippen LogP contribution in [0.15, 0.2) is 42.6 Å². The number of aliphatic carboxylic acids is 1. The molecule has 3 atom stereocenters. The largest absolute Gasteiger partial charge is 0.480 e. The molecular formula is C33H42FN5O2. The van der Waals surface area contributed by atoms with Gasteiger partial charge >= 0.3 is 5.97 Å². The van der Waals surface area contributed by atoms with E-state index in [0.29, 0.717) is 23.9 Å². The van der Waals surface area contributed by atoms with Crippen LogP contribution in [-0.4, -0.2) is 77.7 Å². The molecule has 218 valence electrons. The first kappa shape index (κ1) is 28.1. The van der Waals surface area contributed by atoms with Crippen molar-refractivity contribution in [3.63, 3.8) is 0 Å². The Hall–Kier alpha value is -3.02. The third-order valence-electron chi connectivity index (χ3n) is 10.3. The summed E-state index contributed by atoms with van der Waals surface area (Å²) in [5.41, 5.74) is 1.61. The monoisotopic (exact) mass is 559 g/mol. The molecule has 0 bridgehead atoms. The van der Waals surface area contributed by atoms with E-state index in [1.54, 1.807) is 18.3 Å². The van der Waals surface area contributed by atoms with Crippen LogP contribution < -0.4 is 4.90 Å². The lowest BCUT2D eigenvalue weighted by Gasteiger charge is -2.41. The molecule has 6 rings (SSSR count). The van der Waals surface area contributed by atoms with Crippen molar-refractivity contribution in [3.05, 3.63) is 59.5 Å². The van der Waals surface area contributed by atoms with E-state index in [2.05, 4.69) is 25.8 Å². The van der Waals surface area contributed by atoms with Gasteiger partial charge in [0.1, 0.15) is 23.7 Å². The zero-order valence-corrected chi connectivity index (χ0v) is 23.9. The first-order valence-electron chi connectivity index (χ1n) is 15.5. The molecule has 1 aromatic carbocycles. The summed E-state index contributed by atoms with van der Waals surface area (Å²) in [5, 5.41) is 19.1. The normalized spacial score (nSPS) is 25.7. The molecule has 8 heteroatoms. The predicted octanol–water partition coefficient (Wildman–Crippen LogP) is 4.99. The van der Waals surface area contributed by atoms with Gasteiger partial charge in [-0.15, -0.1) is 0 Å². The molecular weight excluding hydrogens is 517 g/mol. The molecule has 1 N–H and O–H groups in total. The van der Waals surface area contributed by atoms with Crippen LogP contribution >= 0.6 is 0 Å².